The molecule has 0 spiro atoms. The summed E-state index contributed by atoms with van der Waals surface area (Å²) in [4.78, 5) is 0. The Bertz CT molecular complexity index is 298. The van der Waals surface area contributed by atoms with Crippen LogP contribution in [0, 0.1) is 5.41 Å². The second-order valence-corrected chi connectivity index (χ2v) is 4.88. The van der Waals surface area contributed by atoms with Gasteiger partial charge in [0.25, 0.3) is 0 Å². The molecule has 3 heteroatoms. The maximum Gasteiger partial charge on any atom is 0.0795 e. The molecule has 14 heavy (non-hydrogen) atoms. The quantitative estimate of drug-likeness (QED) is 0.752. The van der Waals surface area contributed by atoms with Crippen LogP contribution in [-0.4, -0.2) is 15.8 Å². The lowest BCUT2D eigenvalue weighted by molar-refractivity contribution is 0.0382. The van der Waals surface area contributed by atoms with Crippen LogP contribution in [0.1, 0.15) is 32.5 Å². The fourth-order valence-electron chi connectivity index (χ4n) is 1.52. The first-order valence-corrected chi connectivity index (χ1v) is 4.89. The average molecular weight is 196 g/mol. The second kappa shape index (κ2) is 3.75. The molecular weight excluding hydrogens is 176 g/mol. The highest BCUT2D eigenvalue weighted by molar-refractivity contribution is 5.13. The first-order valence-electron chi connectivity index (χ1n) is 4.89. The molecule has 0 fully saturated rings. The number of aryl methyl sites for hydroxylation is 1. The van der Waals surface area contributed by atoms with Crippen molar-refractivity contribution in [3.8, 4) is 0 Å². The molecule has 0 aliphatic heterocycles. The van der Waals surface area contributed by atoms with Gasteiger partial charge in [-0.15, -0.1) is 0 Å². The van der Waals surface area contributed by atoms with E-state index < -0.39 is 6.10 Å². The Labute approximate surface area is 85.5 Å². The van der Waals surface area contributed by atoms with E-state index in [2.05, 4.69) is 0 Å². The highest BCUT2D eigenvalue weighted by Gasteiger charge is 2.29. The minimum absolute atomic E-state index is 0.191. The monoisotopic (exact) mass is 196 g/mol. The van der Waals surface area contributed by atoms with Crippen LogP contribution >= 0.6 is 0 Å². The summed E-state index contributed by atoms with van der Waals surface area (Å²) in [6, 6.07) is 3.56. The first-order chi connectivity index (χ1) is 6.34. The van der Waals surface area contributed by atoms with Crippen molar-refractivity contribution in [3.05, 3.63) is 24.0 Å². The summed E-state index contributed by atoms with van der Waals surface area (Å²) in [6.07, 6.45) is 1.40. The molecule has 1 rings (SSSR count). The molecule has 0 amide bonds. The van der Waals surface area contributed by atoms with Crippen molar-refractivity contribution in [2.45, 2.75) is 32.9 Å². The summed E-state index contributed by atoms with van der Waals surface area (Å²) in [5.74, 6) is 0. The van der Waals surface area contributed by atoms with Gasteiger partial charge in [-0.3, -0.25) is 0 Å². The van der Waals surface area contributed by atoms with Gasteiger partial charge >= 0.3 is 0 Å². The number of nitrogens with two attached hydrogens (primary N) is 1. The van der Waals surface area contributed by atoms with Gasteiger partial charge in [0.1, 0.15) is 0 Å². The Morgan fingerprint density at radius 1 is 1.43 bits per heavy atom. The molecule has 80 valence electrons. The third-order valence-electron chi connectivity index (χ3n) is 2.55. The molecule has 0 unspecified atom stereocenters. The number of hydrogen-bond acceptors (Lipinski definition) is 2. The van der Waals surface area contributed by atoms with Crippen molar-refractivity contribution in [2.24, 2.45) is 18.2 Å². The standard InChI is InChI=1S/C11H20N2O/c1-11(2,3)10(14)9(12)8-6-5-7-13(8)4/h5-7,9-10,14H,12H2,1-4H3/t9-,10-/m0/s1. The molecule has 0 bridgehead atoms. The second-order valence-electron chi connectivity index (χ2n) is 4.88. The molecule has 0 aliphatic rings. The van der Waals surface area contributed by atoms with E-state index >= 15 is 0 Å². The predicted octanol–water partition coefficient (Wildman–Crippen LogP) is 1.43. The van der Waals surface area contributed by atoms with Crippen molar-refractivity contribution < 1.29 is 5.11 Å². The van der Waals surface area contributed by atoms with E-state index in [1.54, 1.807) is 0 Å². The van der Waals surface area contributed by atoms with E-state index in [1.807, 2.05) is 50.7 Å². The summed E-state index contributed by atoms with van der Waals surface area (Å²) < 4.78 is 1.94. The summed E-state index contributed by atoms with van der Waals surface area (Å²) in [5, 5.41) is 10.0. The third-order valence-corrected chi connectivity index (χ3v) is 2.55. The van der Waals surface area contributed by atoms with E-state index in [0.717, 1.165) is 5.69 Å². The van der Waals surface area contributed by atoms with Gasteiger partial charge in [0.2, 0.25) is 0 Å². The summed E-state index contributed by atoms with van der Waals surface area (Å²) in [5.41, 5.74) is 6.77. The Hall–Kier alpha value is -0.800. The van der Waals surface area contributed by atoms with E-state index in [9.17, 15) is 5.11 Å². The van der Waals surface area contributed by atoms with Gasteiger partial charge in [-0.05, 0) is 17.5 Å². The van der Waals surface area contributed by atoms with Gasteiger partial charge in [-0.2, -0.15) is 0 Å². The number of aliphatic hydroxyl groups excluding tert-OH is 1. The molecule has 3 N–H and O–H groups in total. The zero-order valence-electron chi connectivity index (χ0n) is 9.36. The SMILES string of the molecule is Cn1cccc1[C@H](N)[C@H](O)C(C)(C)C. The molecule has 0 aliphatic carbocycles. The zero-order valence-corrected chi connectivity index (χ0v) is 9.36. The van der Waals surface area contributed by atoms with Gasteiger partial charge in [-0.1, -0.05) is 20.8 Å². The number of aliphatic hydroxyl groups is 1. The van der Waals surface area contributed by atoms with Crippen LogP contribution in [0.5, 0.6) is 0 Å². The molecule has 3 nitrogen and oxygen atoms in total. The van der Waals surface area contributed by atoms with Crippen LogP contribution in [0.25, 0.3) is 0 Å². The van der Waals surface area contributed by atoms with Crippen molar-refractivity contribution >= 4 is 0 Å². The van der Waals surface area contributed by atoms with Crippen LogP contribution in [0.2, 0.25) is 0 Å². The van der Waals surface area contributed by atoms with Crippen LogP contribution in [0.4, 0.5) is 0 Å². The van der Waals surface area contributed by atoms with E-state index in [4.69, 9.17) is 5.73 Å². The van der Waals surface area contributed by atoms with E-state index in [-0.39, 0.29) is 11.5 Å². The summed E-state index contributed by atoms with van der Waals surface area (Å²) in [7, 11) is 1.94. The van der Waals surface area contributed by atoms with Crippen molar-refractivity contribution in [2.75, 3.05) is 0 Å². The molecule has 0 saturated carbocycles. The molecule has 0 radical (unpaired) electrons. The number of rotatable bonds is 2. The molecule has 1 aromatic heterocycles. The fourth-order valence-corrected chi connectivity index (χ4v) is 1.52. The van der Waals surface area contributed by atoms with E-state index in [1.165, 1.54) is 0 Å². The van der Waals surface area contributed by atoms with Crippen molar-refractivity contribution in [1.82, 2.24) is 4.57 Å². The molecule has 2 atom stereocenters. The van der Waals surface area contributed by atoms with Gasteiger partial charge in [0, 0.05) is 18.9 Å². The lowest BCUT2D eigenvalue weighted by atomic mass is 9.84. The molecule has 0 saturated heterocycles. The lowest BCUT2D eigenvalue weighted by Crippen LogP contribution is -2.37. The van der Waals surface area contributed by atoms with Crippen LogP contribution < -0.4 is 5.73 Å². The van der Waals surface area contributed by atoms with Gasteiger partial charge in [0.05, 0.1) is 12.1 Å². The third kappa shape index (κ3) is 2.16. The fraction of sp³-hybridized carbons (Fsp3) is 0.636. The number of nitrogens with zero attached hydrogens (tertiary/aromatic N) is 1. The largest absolute Gasteiger partial charge is 0.391 e. The number of hydrogen-bond donors (Lipinski definition) is 2. The maximum atomic E-state index is 10.0. The van der Waals surface area contributed by atoms with Gasteiger partial charge in [0.15, 0.2) is 0 Å². The smallest absolute Gasteiger partial charge is 0.0795 e. The van der Waals surface area contributed by atoms with Gasteiger partial charge < -0.3 is 15.4 Å². The number of aromatic nitrogens is 1. The lowest BCUT2D eigenvalue weighted by Gasteiger charge is -2.31. The predicted molar refractivity (Wildman–Crippen MR) is 57.8 cm³/mol. The summed E-state index contributed by atoms with van der Waals surface area (Å²) in [6.45, 7) is 5.96. The summed E-state index contributed by atoms with van der Waals surface area (Å²) >= 11 is 0. The highest BCUT2D eigenvalue weighted by Crippen LogP contribution is 2.28. The molecule has 1 aromatic rings. The Morgan fingerprint density at radius 3 is 2.36 bits per heavy atom. The maximum absolute atomic E-state index is 10.0. The van der Waals surface area contributed by atoms with Gasteiger partial charge in [-0.25, -0.2) is 0 Å². The zero-order chi connectivity index (χ0) is 10.9. The van der Waals surface area contributed by atoms with Crippen LogP contribution in [-0.2, 0) is 7.05 Å². The molecule has 1 heterocycles. The molecular formula is C11H20N2O. The van der Waals surface area contributed by atoms with Crippen molar-refractivity contribution in [1.29, 1.82) is 0 Å². The van der Waals surface area contributed by atoms with Crippen LogP contribution in [0.3, 0.4) is 0 Å². The highest BCUT2D eigenvalue weighted by atomic mass is 16.3. The van der Waals surface area contributed by atoms with E-state index in [0.29, 0.717) is 0 Å². The Morgan fingerprint density at radius 2 is 2.00 bits per heavy atom. The normalized spacial score (nSPS) is 16.7. The Balaban J connectivity index is 2.86. The topological polar surface area (TPSA) is 51.2 Å². The first kappa shape index (κ1) is 11.3. The van der Waals surface area contributed by atoms with Crippen LogP contribution in [0.15, 0.2) is 18.3 Å². The minimum Gasteiger partial charge on any atom is -0.391 e. The Kier molecular flexibility index (Phi) is 3.02. The molecule has 0 aromatic carbocycles. The minimum atomic E-state index is -0.531. The van der Waals surface area contributed by atoms with Crippen molar-refractivity contribution in [3.63, 3.8) is 0 Å². The average Bonchev–Trinajstić information content (AvgIpc) is 2.47.